The summed E-state index contributed by atoms with van der Waals surface area (Å²) in [5, 5.41) is 15.6. The number of anilines is 1. The summed E-state index contributed by atoms with van der Waals surface area (Å²) >= 11 is 0. The minimum absolute atomic E-state index is 0.0499. The monoisotopic (exact) mass is 485 g/mol. The Kier molecular flexibility index (Phi) is 6.20. The molecule has 1 fully saturated rings. The van der Waals surface area contributed by atoms with Crippen LogP contribution in [0.3, 0.4) is 0 Å². The lowest BCUT2D eigenvalue weighted by atomic mass is 10.1. The fraction of sp³-hybridized carbons (Fsp3) is 0.185. The van der Waals surface area contributed by atoms with Gasteiger partial charge in [0.25, 0.3) is 11.6 Å². The molecule has 9 heteroatoms. The number of amides is 1. The molecule has 0 radical (unpaired) electrons. The molecule has 0 spiro atoms. The molecule has 0 atom stereocenters. The van der Waals surface area contributed by atoms with Crippen molar-refractivity contribution in [3.63, 3.8) is 0 Å². The number of piperazine rings is 1. The normalized spacial score (nSPS) is 13.6. The number of rotatable bonds is 5. The first-order valence-corrected chi connectivity index (χ1v) is 11.6. The van der Waals surface area contributed by atoms with Gasteiger partial charge >= 0.3 is 0 Å². The van der Waals surface area contributed by atoms with Crippen LogP contribution in [0.1, 0.15) is 16.1 Å². The highest BCUT2D eigenvalue weighted by molar-refractivity contribution is 5.94. The van der Waals surface area contributed by atoms with E-state index in [2.05, 4.69) is 4.90 Å². The van der Waals surface area contributed by atoms with E-state index in [1.54, 1.807) is 39.9 Å². The van der Waals surface area contributed by atoms with Gasteiger partial charge in [0.15, 0.2) is 0 Å². The largest absolute Gasteiger partial charge is 0.368 e. The van der Waals surface area contributed by atoms with Crippen LogP contribution in [0.25, 0.3) is 16.9 Å². The van der Waals surface area contributed by atoms with Gasteiger partial charge in [-0.25, -0.2) is 9.07 Å². The van der Waals surface area contributed by atoms with Gasteiger partial charge in [0.05, 0.1) is 16.3 Å². The number of nitro benzene ring substituents is 1. The van der Waals surface area contributed by atoms with Crippen molar-refractivity contribution in [3.05, 3.63) is 106 Å². The molecule has 3 aromatic carbocycles. The van der Waals surface area contributed by atoms with Crippen LogP contribution in [0.15, 0.2) is 78.9 Å². The summed E-state index contributed by atoms with van der Waals surface area (Å²) in [7, 11) is 0. The van der Waals surface area contributed by atoms with Gasteiger partial charge in [0.2, 0.25) is 0 Å². The second-order valence-electron chi connectivity index (χ2n) is 8.72. The van der Waals surface area contributed by atoms with Crippen LogP contribution in [0, 0.1) is 22.9 Å². The number of non-ortho nitro benzene ring substituents is 1. The molecule has 8 nitrogen and oxygen atoms in total. The first-order valence-electron chi connectivity index (χ1n) is 11.6. The van der Waals surface area contributed by atoms with Crippen LogP contribution in [-0.4, -0.2) is 51.7 Å². The maximum Gasteiger partial charge on any atom is 0.272 e. The average molecular weight is 486 g/mol. The third kappa shape index (κ3) is 4.68. The van der Waals surface area contributed by atoms with Crippen molar-refractivity contribution in [1.29, 1.82) is 0 Å². The molecule has 5 rings (SSSR count). The summed E-state index contributed by atoms with van der Waals surface area (Å²) in [4.78, 5) is 28.0. The van der Waals surface area contributed by atoms with Crippen molar-refractivity contribution >= 4 is 17.3 Å². The molecule has 0 bridgehead atoms. The molecule has 0 N–H and O–H groups in total. The molecular formula is C27H24FN5O3. The van der Waals surface area contributed by atoms with Crippen molar-refractivity contribution in [2.75, 3.05) is 31.1 Å². The molecule has 0 aliphatic carbocycles. The van der Waals surface area contributed by atoms with Gasteiger partial charge in [-0.3, -0.25) is 14.9 Å². The van der Waals surface area contributed by atoms with Gasteiger partial charge < -0.3 is 9.80 Å². The molecule has 1 aliphatic heterocycles. The van der Waals surface area contributed by atoms with Crippen molar-refractivity contribution in [2.45, 2.75) is 6.92 Å². The van der Waals surface area contributed by atoms with E-state index >= 15 is 0 Å². The molecule has 1 amide bonds. The summed E-state index contributed by atoms with van der Waals surface area (Å²) in [6.07, 6.45) is 0. The summed E-state index contributed by atoms with van der Waals surface area (Å²) in [5.74, 6) is -0.473. The standard InChI is InChI=1S/C27H24FN5O3/c1-19-2-8-23(9-3-19)32-26(18-25(29-32)20-4-6-21(28)7-5-20)27(34)31-16-14-30(15-17-31)22-10-12-24(13-11-22)33(35)36/h2-13,18H,14-17H2,1H3. The summed E-state index contributed by atoms with van der Waals surface area (Å²) in [5.41, 5.74) is 4.54. The highest BCUT2D eigenvalue weighted by Gasteiger charge is 2.26. The fourth-order valence-electron chi connectivity index (χ4n) is 4.29. The van der Waals surface area contributed by atoms with Gasteiger partial charge in [-0.2, -0.15) is 5.10 Å². The number of nitrogens with zero attached hydrogens (tertiary/aromatic N) is 5. The summed E-state index contributed by atoms with van der Waals surface area (Å²) in [6.45, 7) is 4.20. The second kappa shape index (κ2) is 9.61. The Bertz CT molecular complexity index is 1390. The van der Waals surface area contributed by atoms with Crippen molar-refractivity contribution in [3.8, 4) is 16.9 Å². The van der Waals surface area contributed by atoms with Gasteiger partial charge in [-0.05, 0) is 61.5 Å². The topological polar surface area (TPSA) is 84.5 Å². The van der Waals surface area contributed by atoms with Gasteiger partial charge in [0, 0.05) is 49.6 Å². The van der Waals surface area contributed by atoms with Crippen LogP contribution < -0.4 is 4.90 Å². The number of benzene rings is 3. The number of hydrogen-bond donors (Lipinski definition) is 0. The Morgan fingerprint density at radius 3 is 2.11 bits per heavy atom. The van der Waals surface area contributed by atoms with Crippen LogP contribution in [0.4, 0.5) is 15.8 Å². The lowest BCUT2D eigenvalue weighted by Crippen LogP contribution is -2.49. The van der Waals surface area contributed by atoms with Crippen molar-refractivity contribution in [1.82, 2.24) is 14.7 Å². The van der Waals surface area contributed by atoms with Gasteiger partial charge in [-0.15, -0.1) is 0 Å². The molecule has 1 saturated heterocycles. The molecule has 1 aromatic heterocycles. The van der Waals surface area contributed by atoms with Crippen LogP contribution in [0.2, 0.25) is 0 Å². The van der Waals surface area contributed by atoms with E-state index in [0.29, 0.717) is 37.6 Å². The van der Waals surface area contributed by atoms with Gasteiger partial charge in [-0.1, -0.05) is 17.7 Å². The number of aryl methyl sites for hydroxylation is 1. The Balaban J connectivity index is 1.39. The zero-order valence-corrected chi connectivity index (χ0v) is 19.7. The Morgan fingerprint density at radius 2 is 1.50 bits per heavy atom. The average Bonchev–Trinajstić information content (AvgIpc) is 3.35. The zero-order chi connectivity index (χ0) is 25.2. The SMILES string of the molecule is Cc1ccc(-n2nc(-c3ccc(F)cc3)cc2C(=O)N2CCN(c3ccc([N+](=O)[O-])cc3)CC2)cc1. The highest BCUT2D eigenvalue weighted by atomic mass is 19.1. The molecule has 4 aromatic rings. The summed E-state index contributed by atoms with van der Waals surface area (Å²) in [6, 6.07) is 22.0. The molecule has 2 heterocycles. The lowest BCUT2D eigenvalue weighted by Gasteiger charge is -2.36. The molecule has 1 aliphatic rings. The summed E-state index contributed by atoms with van der Waals surface area (Å²) < 4.78 is 15.1. The second-order valence-corrected chi connectivity index (χ2v) is 8.72. The van der Waals surface area contributed by atoms with Crippen molar-refractivity contribution < 1.29 is 14.1 Å². The number of halogens is 1. The third-order valence-electron chi connectivity index (χ3n) is 6.34. The molecule has 0 saturated carbocycles. The van der Waals surface area contributed by atoms with E-state index in [4.69, 9.17) is 5.10 Å². The first kappa shape index (κ1) is 23.2. The third-order valence-corrected chi connectivity index (χ3v) is 6.34. The number of carbonyl (C=O) groups excluding carboxylic acids is 1. The maximum atomic E-state index is 13.6. The Morgan fingerprint density at radius 1 is 0.889 bits per heavy atom. The van der Waals surface area contributed by atoms with E-state index in [9.17, 15) is 19.3 Å². The fourth-order valence-corrected chi connectivity index (χ4v) is 4.29. The number of aromatic nitrogens is 2. The molecule has 0 unspecified atom stereocenters. The molecule has 36 heavy (non-hydrogen) atoms. The van der Waals surface area contributed by atoms with Gasteiger partial charge in [0.1, 0.15) is 11.5 Å². The Labute approximate surface area is 207 Å². The predicted octanol–water partition coefficient (Wildman–Crippen LogP) is 4.86. The van der Waals surface area contributed by atoms with Crippen LogP contribution in [-0.2, 0) is 0 Å². The van der Waals surface area contributed by atoms with Crippen LogP contribution in [0.5, 0.6) is 0 Å². The van der Waals surface area contributed by atoms with Crippen LogP contribution >= 0.6 is 0 Å². The minimum Gasteiger partial charge on any atom is -0.368 e. The highest BCUT2D eigenvalue weighted by Crippen LogP contribution is 2.25. The number of nitro groups is 1. The lowest BCUT2D eigenvalue weighted by molar-refractivity contribution is -0.384. The maximum absolute atomic E-state index is 13.6. The quantitative estimate of drug-likeness (QED) is 0.298. The van der Waals surface area contributed by atoms with E-state index in [-0.39, 0.29) is 17.4 Å². The molecular weight excluding hydrogens is 461 g/mol. The van der Waals surface area contributed by atoms with E-state index in [1.807, 2.05) is 31.2 Å². The van der Waals surface area contributed by atoms with E-state index in [0.717, 1.165) is 22.5 Å². The number of carbonyl (C=O) groups is 1. The van der Waals surface area contributed by atoms with E-state index < -0.39 is 4.92 Å². The van der Waals surface area contributed by atoms with E-state index in [1.165, 1.54) is 24.3 Å². The first-order chi connectivity index (χ1) is 17.4. The molecule has 182 valence electrons. The Hall–Kier alpha value is -4.53. The smallest absolute Gasteiger partial charge is 0.272 e. The van der Waals surface area contributed by atoms with Crippen molar-refractivity contribution in [2.24, 2.45) is 0 Å². The predicted molar refractivity (Wildman–Crippen MR) is 135 cm³/mol. The minimum atomic E-state index is -0.419. The zero-order valence-electron chi connectivity index (χ0n) is 19.7. The number of hydrogen-bond acceptors (Lipinski definition) is 5.